The molecular formula is C12H19N5OS. The summed E-state index contributed by atoms with van der Waals surface area (Å²) >= 11 is 1.59. The highest BCUT2D eigenvalue weighted by Gasteiger charge is 2.16. The van der Waals surface area contributed by atoms with Gasteiger partial charge in [-0.1, -0.05) is 13.8 Å². The Bertz CT molecular complexity index is 568. The Morgan fingerprint density at radius 3 is 2.74 bits per heavy atom. The van der Waals surface area contributed by atoms with Crippen LogP contribution in [0.1, 0.15) is 18.7 Å². The van der Waals surface area contributed by atoms with Crippen LogP contribution in [0.2, 0.25) is 0 Å². The van der Waals surface area contributed by atoms with Crippen LogP contribution in [0.3, 0.4) is 0 Å². The lowest BCUT2D eigenvalue weighted by Gasteiger charge is -2.21. The summed E-state index contributed by atoms with van der Waals surface area (Å²) in [4.78, 5) is 10.7. The Labute approximate surface area is 116 Å². The molecule has 0 radical (unpaired) electrons. The van der Waals surface area contributed by atoms with E-state index >= 15 is 0 Å². The summed E-state index contributed by atoms with van der Waals surface area (Å²) in [6, 6.07) is 1.99. The van der Waals surface area contributed by atoms with Gasteiger partial charge >= 0.3 is 0 Å². The smallest absolute Gasteiger partial charge is 0.240 e. The summed E-state index contributed by atoms with van der Waals surface area (Å²) in [5, 5.41) is 13.6. The predicted octanol–water partition coefficient (Wildman–Crippen LogP) is 1.71. The van der Waals surface area contributed by atoms with Crippen molar-refractivity contribution in [2.75, 3.05) is 17.3 Å². The Kier molecular flexibility index (Phi) is 4.18. The van der Waals surface area contributed by atoms with Crippen LogP contribution in [-0.2, 0) is 0 Å². The summed E-state index contributed by atoms with van der Waals surface area (Å²) in [6.45, 7) is 6.18. The maximum atomic E-state index is 9.42. The number of aliphatic hydroxyl groups is 1. The molecule has 0 fully saturated rings. The van der Waals surface area contributed by atoms with Crippen molar-refractivity contribution in [3.05, 3.63) is 10.9 Å². The highest BCUT2D eigenvalue weighted by Crippen LogP contribution is 2.30. The van der Waals surface area contributed by atoms with Crippen molar-refractivity contribution in [1.82, 2.24) is 9.97 Å². The van der Waals surface area contributed by atoms with Crippen molar-refractivity contribution >= 4 is 33.3 Å². The minimum absolute atomic E-state index is 0.0519. The van der Waals surface area contributed by atoms with Gasteiger partial charge in [0.05, 0.1) is 18.0 Å². The summed E-state index contributed by atoms with van der Waals surface area (Å²) < 4.78 is 0. The Balaban J connectivity index is 2.45. The standard InChI is InChI=1S/C12H19N5OS/c1-6(2)9(5-18)14-10-8-4-7(3)19-11(8)16-12(15-10)17-13/h4,6,9,18H,5,13H2,1-3H3,(H2,14,15,16,17). The van der Waals surface area contributed by atoms with E-state index < -0.39 is 0 Å². The molecule has 7 heteroatoms. The summed E-state index contributed by atoms with van der Waals surface area (Å²) in [5.74, 6) is 6.76. The number of anilines is 2. The van der Waals surface area contributed by atoms with E-state index in [0.29, 0.717) is 17.7 Å². The van der Waals surface area contributed by atoms with E-state index in [4.69, 9.17) is 5.84 Å². The first-order chi connectivity index (χ1) is 9.05. The number of aliphatic hydroxyl groups excluding tert-OH is 1. The molecule has 6 nitrogen and oxygen atoms in total. The number of fused-ring (bicyclic) bond motifs is 1. The monoisotopic (exact) mass is 281 g/mol. The molecule has 2 aromatic rings. The van der Waals surface area contributed by atoms with Crippen molar-refractivity contribution in [2.24, 2.45) is 11.8 Å². The molecule has 0 saturated carbocycles. The van der Waals surface area contributed by atoms with E-state index in [1.165, 1.54) is 0 Å². The number of nitrogen functional groups attached to an aromatic ring is 1. The molecule has 1 unspecified atom stereocenters. The molecule has 5 N–H and O–H groups in total. The third-order valence-corrected chi connectivity index (χ3v) is 3.91. The van der Waals surface area contributed by atoms with Crippen LogP contribution in [0.5, 0.6) is 0 Å². The zero-order chi connectivity index (χ0) is 14.0. The highest BCUT2D eigenvalue weighted by atomic mass is 32.1. The first kappa shape index (κ1) is 14.0. The van der Waals surface area contributed by atoms with Crippen molar-refractivity contribution in [3.63, 3.8) is 0 Å². The fourth-order valence-electron chi connectivity index (χ4n) is 1.82. The lowest BCUT2D eigenvalue weighted by molar-refractivity contribution is 0.249. The molecule has 19 heavy (non-hydrogen) atoms. The van der Waals surface area contributed by atoms with Gasteiger partial charge in [-0.2, -0.15) is 4.98 Å². The number of hydrazine groups is 1. The minimum Gasteiger partial charge on any atom is -0.394 e. The average molecular weight is 281 g/mol. The van der Waals surface area contributed by atoms with E-state index in [2.05, 4.69) is 20.7 Å². The van der Waals surface area contributed by atoms with Gasteiger partial charge in [-0.3, -0.25) is 5.43 Å². The Morgan fingerprint density at radius 1 is 1.42 bits per heavy atom. The molecule has 0 aliphatic rings. The Hall–Kier alpha value is -1.44. The van der Waals surface area contributed by atoms with Gasteiger partial charge in [0.15, 0.2) is 0 Å². The lowest BCUT2D eigenvalue weighted by atomic mass is 10.1. The van der Waals surface area contributed by atoms with E-state index in [0.717, 1.165) is 15.1 Å². The molecule has 2 rings (SSSR count). The summed E-state index contributed by atoms with van der Waals surface area (Å²) in [7, 11) is 0. The molecule has 0 spiro atoms. The molecule has 104 valence electrons. The molecule has 0 aliphatic heterocycles. The minimum atomic E-state index is -0.0519. The molecule has 0 bridgehead atoms. The molecule has 0 aliphatic carbocycles. The van der Waals surface area contributed by atoms with Crippen molar-refractivity contribution < 1.29 is 5.11 Å². The first-order valence-electron chi connectivity index (χ1n) is 6.17. The van der Waals surface area contributed by atoms with Gasteiger partial charge in [0.1, 0.15) is 10.6 Å². The number of nitrogens with two attached hydrogens (primary N) is 1. The number of aromatic nitrogens is 2. The van der Waals surface area contributed by atoms with Gasteiger partial charge in [0.25, 0.3) is 0 Å². The van der Waals surface area contributed by atoms with E-state index in [1.807, 2.05) is 26.8 Å². The van der Waals surface area contributed by atoms with Gasteiger partial charge in [0.2, 0.25) is 5.95 Å². The normalized spacial score (nSPS) is 12.9. The predicted molar refractivity (Wildman–Crippen MR) is 79.3 cm³/mol. The first-order valence-corrected chi connectivity index (χ1v) is 6.99. The van der Waals surface area contributed by atoms with Crippen LogP contribution >= 0.6 is 11.3 Å². The number of nitrogens with zero attached hydrogens (tertiary/aromatic N) is 2. The van der Waals surface area contributed by atoms with Crippen LogP contribution in [0.25, 0.3) is 10.2 Å². The van der Waals surface area contributed by atoms with Crippen LogP contribution < -0.4 is 16.6 Å². The fourth-order valence-corrected chi connectivity index (χ4v) is 2.69. The number of hydrogen-bond acceptors (Lipinski definition) is 7. The molecule has 0 amide bonds. The van der Waals surface area contributed by atoms with Crippen molar-refractivity contribution in [2.45, 2.75) is 26.8 Å². The largest absolute Gasteiger partial charge is 0.394 e. The average Bonchev–Trinajstić information content (AvgIpc) is 2.75. The summed E-state index contributed by atoms with van der Waals surface area (Å²) in [5.41, 5.74) is 2.47. The number of aryl methyl sites for hydroxylation is 1. The molecule has 1 atom stereocenters. The van der Waals surface area contributed by atoms with Crippen LogP contribution in [-0.4, -0.2) is 27.7 Å². The molecular weight excluding hydrogens is 262 g/mol. The molecule has 2 heterocycles. The molecule has 2 aromatic heterocycles. The quantitative estimate of drug-likeness (QED) is 0.492. The van der Waals surface area contributed by atoms with Crippen molar-refractivity contribution in [1.29, 1.82) is 0 Å². The second kappa shape index (κ2) is 5.68. The van der Waals surface area contributed by atoms with Gasteiger partial charge in [0, 0.05) is 4.88 Å². The SMILES string of the molecule is Cc1cc2c(NC(CO)C(C)C)nc(NN)nc2s1. The topological polar surface area (TPSA) is 96.1 Å². The van der Waals surface area contributed by atoms with Gasteiger partial charge < -0.3 is 10.4 Å². The maximum Gasteiger partial charge on any atom is 0.240 e. The maximum absolute atomic E-state index is 9.42. The van der Waals surface area contributed by atoms with E-state index in [9.17, 15) is 5.11 Å². The second-order valence-electron chi connectivity index (χ2n) is 4.79. The number of thiophene rings is 1. The van der Waals surface area contributed by atoms with Gasteiger partial charge in [-0.15, -0.1) is 11.3 Å². The second-order valence-corrected chi connectivity index (χ2v) is 6.03. The molecule has 0 aromatic carbocycles. The molecule has 0 saturated heterocycles. The summed E-state index contributed by atoms with van der Waals surface area (Å²) in [6.07, 6.45) is 0. The van der Waals surface area contributed by atoms with Crippen LogP contribution in [0, 0.1) is 12.8 Å². The Morgan fingerprint density at radius 2 is 2.16 bits per heavy atom. The van der Waals surface area contributed by atoms with Gasteiger partial charge in [-0.25, -0.2) is 10.8 Å². The highest BCUT2D eigenvalue weighted by molar-refractivity contribution is 7.18. The van der Waals surface area contributed by atoms with Crippen LogP contribution in [0.4, 0.5) is 11.8 Å². The van der Waals surface area contributed by atoms with Gasteiger partial charge in [-0.05, 0) is 18.9 Å². The lowest BCUT2D eigenvalue weighted by Crippen LogP contribution is -2.30. The van der Waals surface area contributed by atoms with Crippen molar-refractivity contribution in [3.8, 4) is 0 Å². The third kappa shape index (κ3) is 2.94. The van der Waals surface area contributed by atoms with Crippen LogP contribution in [0.15, 0.2) is 6.07 Å². The number of rotatable bonds is 5. The van der Waals surface area contributed by atoms with E-state index in [-0.39, 0.29) is 12.6 Å². The zero-order valence-corrected chi connectivity index (χ0v) is 12.1. The van der Waals surface area contributed by atoms with E-state index in [1.54, 1.807) is 11.3 Å². The third-order valence-electron chi connectivity index (χ3n) is 2.97. The zero-order valence-electron chi connectivity index (χ0n) is 11.3. The number of hydrogen-bond donors (Lipinski definition) is 4. The fraction of sp³-hybridized carbons (Fsp3) is 0.500. The number of nitrogens with one attached hydrogen (secondary N) is 2.